The zero-order chi connectivity index (χ0) is 33.4. The molecule has 1 unspecified atom stereocenters. The highest BCUT2D eigenvalue weighted by Crippen LogP contribution is 2.19. The van der Waals surface area contributed by atoms with Gasteiger partial charge in [-0.1, -0.05) is 47.5 Å². The highest BCUT2D eigenvalue weighted by atomic mass is 16.4. The number of rotatable bonds is 21. The standard InChI is InChI=1S/C28H51N7O8/c1-7-8-11-20(35(6)26(41)18(29)10-9-12-32-28(30)31)25(40)33-19(14-22(37)38)24(39)34-23(16(4)5)21(36)13-17(15(2)3)27(42)43/h15-20,23H,7-14,29H2,1-6H3,(H,33,40)(H,34,39)(H,37,38)(H,42,43)(H4,30,31,32)/t17?,18-,19-,20-,23-/m0/s1. The SMILES string of the molecule is CCCC[C@@H](C(=O)N[C@@H](CC(=O)O)C(=O)N[C@H](C(=O)CC(C(=O)O)C(C)C)C(C)C)N(C)C(=O)[C@@H](N)CCCN=C(N)N. The lowest BCUT2D eigenvalue weighted by Crippen LogP contribution is -2.58. The van der Waals surface area contributed by atoms with Crippen LogP contribution in [0, 0.1) is 17.8 Å². The number of amides is 3. The predicted molar refractivity (Wildman–Crippen MR) is 161 cm³/mol. The molecular weight excluding hydrogens is 562 g/mol. The first-order chi connectivity index (χ1) is 19.9. The molecule has 3 amide bonds. The number of carbonyl (C=O) groups is 6. The molecule has 0 aliphatic heterocycles. The number of hydrogen-bond acceptors (Lipinski definition) is 8. The van der Waals surface area contributed by atoms with Crippen LogP contribution in [0.15, 0.2) is 4.99 Å². The Labute approximate surface area is 253 Å². The summed E-state index contributed by atoms with van der Waals surface area (Å²) in [6.45, 7) is 8.81. The van der Waals surface area contributed by atoms with Crippen molar-refractivity contribution in [2.45, 2.75) is 104 Å². The van der Waals surface area contributed by atoms with Crippen molar-refractivity contribution in [1.82, 2.24) is 15.5 Å². The molecule has 0 spiro atoms. The first kappa shape index (κ1) is 39.2. The van der Waals surface area contributed by atoms with E-state index < -0.39 is 77.9 Å². The third-order valence-corrected chi connectivity index (χ3v) is 7.10. The summed E-state index contributed by atoms with van der Waals surface area (Å²) < 4.78 is 0. The van der Waals surface area contributed by atoms with Crippen LogP contribution in [0.4, 0.5) is 0 Å². The van der Waals surface area contributed by atoms with Gasteiger partial charge in [0.1, 0.15) is 12.1 Å². The Bertz CT molecular complexity index is 998. The Morgan fingerprint density at radius 1 is 0.860 bits per heavy atom. The predicted octanol–water partition coefficient (Wildman–Crippen LogP) is -0.199. The Kier molecular flexibility index (Phi) is 17.7. The largest absolute Gasteiger partial charge is 0.481 e. The van der Waals surface area contributed by atoms with E-state index in [0.29, 0.717) is 19.3 Å². The van der Waals surface area contributed by atoms with Gasteiger partial charge in [-0.25, -0.2) is 0 Å². The van der Waals surface area contributed by atoms with Crippen LogP contribution in [0.25, 0.3) is 0 Å². The molecular formula is C28H51N7O8. The fourth-order valence-electron chi connectivity index (χ4n) is 4.43. The third-order valence-electron chi connectivity index (χ3n) is 7.10. The van der Waals surface area contributed by atoms with Gasteiger partial charge < -0.3 is 42.9 Å². The van der Waals surface area contributed by atoms with Crippen molar-refractivity contribution < 1.29 is 39.0 Å². The maximum atomic E-state index is 13.4. The van der Waals surface area contributed by atoms with Crippen molar-refractivity contribution in [3.63, 3.8) is 0 Å². The second-order valence-electron chi connectivity index (χ2n) is 11.4. The molecule has 0 saturated heterocycles. The number of likely N-dealkylation sites (N-methyl/N-ethyl adjacent to an activating group) is 1. The van der Waals surface area contributed by atoms with Crippen molar-refractivity contribution >= 4 is 41.4 Å². The van der Waals surface area contributed by atoms with Gasteiger partial charge in [0, 0.05) is 20.0 Å². The molecule has 0 saturated carbocycles. The fourth-order valence-corrected chi connectivity index (χ4v) is 4.43. The molecule has 10 N–H and O–H groups in total. The molecule has 15 heteroatoms. The number of nitrogens with one attached hydrogen (secondary N) is 2. The number of aliphatic imine (C=N–C) groups is 1. The van der Waals surface area contributed by atoms with E-state index in [9.17, 15) is 39.0 Å². The second-order valence-corrected chi connectivity index (χ2v) is 11.4. The highest BCUT2D eigenvalue weighted by molar-refractivity contribution is 5.97. The number of hydrogen-bond donors (Lipinski definition) is 7. The monoisotopic (exact) mass is 613 g/mol. The van der Waals surface area contributed by atoms with Crippen LogP contribution in [-0.2, 0) is 28.8 Å². The maximum absolute atomic E-state index is 13.4. The average Bonchev–Trinajstić information content (AvgIpc) is 2.90. The average molecular weight is 614 g/mol. The number of ketones is 1. The number of carboxylic acid groups (broad SMARTS) is 2. The number of carboxylic acids is 2. The molecule has 15 nitrogen and oxygen atoms in total. The van der Waals surface area contributed by atoms with Crippen molar-refractivity contribution in [3.05, 3.63) is 0 Å². The quantitative estimate of drug-likeness (QED) is 0.0506. The summed E-state index contributed by atoms with van der Waals surface area (Å²) in [6, 6.07) is -4.68. The van der Waals surface area contributed by atoms with Crippen molar-refractivity contribution in [1.29, 1.82) is 0 Å². The molecule has 0 bridgehead atoms. The first-order valence-electron chi connectivity index (χ1n) is 14.6. The smallest absolute Gasteiger partial charge is 0.307 e. The van der Waals surface area contributed by atoms with E-state index in [1.54, 1.807) is 27.7 Å². The summed E-state index contributed by atoms with van der Waals surface area (Å²) in [7, 11) is 1.41. The van der Waals surface area contributed by atoms with Crippen LogP contribution >= 0.6 is 0 Å². The molecule has 43 heavy (non-hydrogen) atoms. The summed E-state index contributed by atoms with van der Waals surface area (Å²) in [5.41, 5.74) is 16.7. The fraction of sp³-hybridized carbons (Fsp3) is 0.750. The molecule has 0 aromatic heterocycles. The first-order valence-corrected chi connectivity index (χ1v) is 14.6. The summed E-state index contributed by atoms with van der Waals surface area (Å²) in [5, 5.41) is 23.9. The van der Waals surface area contributed by atoms with E-state index in [4.69, 9.17) is 17.2 Å². The van der Waals surface area contributed by atoms with Gasteiger partial charge >= 0.3 is 11.9 Å². The summed E-state index contributed by atoms with van der Waals surface area (Å²) in [4.78, 5) is 81.0. The molecule has 0 rings (SSSR count). The molecule has 0 aliphatic rings. The minimum atomic E-state index is -1.57. The van der Waals surface area contributed by atoms with Gasteiger partial charge in [0.15, 0.2) is 11.7 Å². The summed E-state index contributed by atoms with van der Waals surface area (Å²) in [6.07, 6.45) is 1.03. The van der Waals surface area contributed by atoms with E-state index in [0.717, 1.165) is 0 Å². The number of nitrogens with zero attached hydrogens (tertiary/aromatic N) is 2. The van der Waals surface area contributed by atoms with Crippen LogP contribution < -0.4 is 27.8 Å². The van der Waals surface area contributed by atoms with Gasteiger partial charge in [-0.2, -0.15) is 0 Å². The van der Waals surface area contributed by atoms with E-state index in [2.05, 4.69) is 15.6 Å². The molecule has 0 radical (unpaired) electrons. The topological polar surface area (TPSA) is 261 Å². The van der Waals surface area contributed by atoms with E-state index in [1.165, 1.54) is 11.9 Å². The van der Waals surface area contributed by atoms with Gasteiger partial charge in [-0.15, -0.1) is 0 Å². The molecule has 0 fully saturated rings. The molecule has 5 atom stereocenters. The van der Waals surface area contributed by atoms with Crippen molar-refractivity contribution in [2.75, 3.05) is 13.6 Å². The normalized spacial score (nSPS) is 14.6. The number of aliphatic carboxylic acids is 2. The summed E-state index contributed by atoms with van der Waals surface area (Å²) in [5.74, 6) is -7.08. The molecule has 0 aromatic rings. The van der Waals surface area contributed by atoms with E-state index in [-0.39, 0.29) is 37.7 Å². The Morgan fingerprint density at radius 2 is 1.47 bits per heavy atom. The van der Waals surface area contributed by atoms with Gasteiger partial charge in [0.25, 0.3) is 0 Å². The Hall–Kier alpha value is -3.75. The minimum absolute atomic E-state index is 0.0858. The minimum Gasteiger partial charge on any atom is -0.481 e. The number of carbonyl (C=O) groups excluding carboxylic acids is 4. The Morgan fingerprint density at radius 3 is 1.93 bits per heavy atom. The zero-order valence-corrected chi connectivity index (χ0v) is 26.2. The van der Waals surface area contributed by atoms with Crippen molar-refractivity contribution in [2.24, 2.45) is 39.9 Å². The van der Waals surface area contributed by atoms with Crippen LogP contribution in [0.3, 0.4) is 0 Å². The maximum Gasteiger partial charge on any atom is 0.307 e. The third kappa shape index (κ3) is 14.3. The lowest BCUT2D eigenvalue weighted by molar-refractivity contribution is -0.146. The van der Waals surface area contributed by atoms with Crippen LogP contribution in [-0.4, -0.2) is 94.3 Å². The van der Waals surface area contributed by atoms with Crippen LogP contribution in [0.2, 0.25) is 0 Å². The van der Waals surface area contributed by atoms with Gasteiger partial charge in [-0.05, 0) is 31.1 Å². The van der Waals surface area contributed by atoms with Crippen molar-refractivity contribution in [3.8, 4) is 0 Å². The van der Waals surface area contributed by atoms with Crippen LogP contribution in [0.5, 0.6) is 0 Å². The number of guanidine groups is 1. The van der Waals surface area contributed by atoms with Crippen LogP contribution in [0.1, 0.15) is 79.6 Å². The van der Waals surface area contributed by atoms with Gasteiger partial charge in [-0.3, -0.25) is 33.8 Å². The number of unbranched alkanes of at least 4 members (excludes halogenated alkanes) is 1. The zero-order valence-electron chi connectivity index (χ0n) is 26.2. The van der Waals surface area contributed by atoms with E-state index >= 15 is 0 Å². The highest BCUT2D eigenvalue weighted by Gasteiger charge is 2.35. The number of Topliss-reactive ketones (excluding diaryl/α,β-unsaturated/α-hetero) is 1. The Balaban J connectivity index is 5.86. The molecule has 246 valence electrons. The second kappa shape index (κ2) is 19.4. The van der Waals surface area contributed by atoms with Gasteiger partial charge in [0.2, 0.25) is 17.7 Å². The summed E-state index contributed by atoms with van der Waals surface area (Å²) >= 11 is 0. The lowest BCUT2D eigenvalue weighted by Gasteiger charge is -2.31. The van der Waals surface area contributed by atoms with E-state index in [1.807, 2.05) is 6.92 Å². The molecule has 0 aliphatic carbocycles. The molecule has 0 heterocycles. The van der Waals surface area contributed by atoms with Gasteiger partial charge in [0.05, 0.1) is 24.4 Å². The molecule has 0 aromatic carbocycles. The lowest BCUT2D eigenvalue weighted by atomic mass is 9.86. The number of nitrogens with two attached hydrogens (primary N) is 3.